The molecular weight excluding hydrogens is 301 g/mol. The van der Waals surface area contributed by atoms with Gasteiger partial charge in [-0.05, 0) is 26.0 Å². The first-order valence-electron chi connectivity index (χ1n) is 5.74. The maximum absolute atomic E-state index is 11.5. The SMILES string of the molecule is Cc1cc(=O)cc(C)n1-c1c(Cl)cc(Cl)cc1C(=O)O. The van der Waals surface area contributed by atoms with Crippen molar-refractivity contribution in [3.05, 3.63) is 61.5 Å². The number of carboxylic acid groups (broad SMARTS) is 1. The lowest BCUT2D eigenvalue weighted by Crippen LogP contribution is -2.15. The molecule has 20 heavy (non-hydrogen) atoms. The predicted molar refractivity (Wildman–Crippen MR) is 78.5 cm³/mol. The maximum Gasteiger partial charge on any atom is 0.337 e. The molecule has 0 radical (unpaired) electrons. The largest absolute Gasteiger partial charge is 0.478 e. The predicted octanol–water partition coefficient (Wildman–Crippen LogP) is 3.46. The fourth-order valence-corrected chi connectivity index (χ4v) is 2.75. The molecule has 2 rings (SSSR count). The Morgan fingerprint density at radius 3 is 2.15 bits per heavy atom. The molecule has 1 heterocycles. The van der Waals surface area contributed by atoms with Crippen molar-refractivity contribution < 1.29 is 9.90 Å². The minimum absolute atomic E-state index is 0.0163. The molecule has 1 aromatic carbocycles. The second-order valence-electron chi connectivity index (χ2n) is 4.40. The Bertz CT molecular complexity index is 739. The van der Waals surface area contributed by atoms with Crippen LogP contribution >= 0.6 is 23.2 Å². The van der Waals surface area contributed by atoms with Gasteiger partial charge in [0.25, 0.3) is 0 Å². The Balaban J connectivity index is 2.89. The van der Waals surface area contributed by atoms with Crippen LogP contribution in [-0.4, -0.2) is 15.6 Å². The molecule has 0 amide bonds. The van der Waals surface area contributed by atoms with E-state index in [0.717, 1.165) is 0 Å². The van der Waals surface area contributed by atoms with Gasteiger partial charge >= 0.3 is 5.97 Å². The van der Waals surface area contributed by atoms with Gasteiger partial charge in [0.15, 0.2) is 5.43 Å². The van der Waals surface area contributed by atoms with E-state index in [1.54, 1.807) is 18.4 Å². The molecule has 0 spiro atoms. The molecule has 6 heteroatoms. The number of carbonyl (C=O) groups is 1. The summed E-state index contributed by atoms with van der Waals surface area (Å²) in [7, 11) is 0. The third-order valence-electron chi connectivity index (χ3n) is 2.89. The standard InChI is InChI=1S/C14H11Cl2NO3/c1-7-3-10(18)4-8(2)17(7)13-11(14(19)20)5-9(15)6-12(13)16/h3-6H,1-2H3,(H,19,20). The molecule has 0 atom stereocenters. The third-order valence-corrected chi connectivity index (χ3v) is 3.40. The van der Waals surface area contributed by atoms with Crippen LogP contribution in [0.3, 0.4) is 0 Å². The third kappa shape index (κ3) is 2.57. The average molecular weight is 312 g/mol. The molecule has 0 saturated heterocycles. The van der Waals surface area contributed by atoms with E-state index in [-0.39, 0.29) is 21.0 Å². The molecule has 0 aliphatic carbocycles. The number of aromatic carboxylic acids is 1. The number of rotatable bonds is 2. The molecule has 0 unspecified atom stereocenters. The molecule has 0 bridgehead atoms. The van der Waals surface area contributed by atoms with E-state index in [1.165, 1.54) is 24.3 Å². The summed E-state index contributed by atoms with van der Waals surface area (Å²) in [4.78, 5) is 22.9. The van der Waals surface area contributed by atoms with Crippen molar-refractivity contribution in [1.82, 2.24) is 4.57 Å². The number of carboxylic acids is 1. The van der Waals surface area contributed by atoms with Crippen molar-refractivity contribution in [2.75, 3.05) is 0 Å². The van der Waals surface area contributed by atoms with Crippen molar-refractivity contribution in [2.24, 2.45) is 0 Å². The second-order valence-corrected chi connectivity index (χ2v) is 5.24. The number of aryl methyl sites for hydroxylation is 2. The van der Waals surface area contributed by atoms with E-state index >= 15 is 0 Å². The topological polar surface area (TPSA) is 59.3 Å². The molecule has 1 N–H and O–H groups in total. The monoisotopic (exact) mass is 311 g/mol. The number of benzene rings is 1. The fourth-order valence-electron chi connectivity index (χ4n) is 2.17. The van der Waals surface area contributed by atoms with Crippen LogP contribution in [0.25, 0.3) is 5.69 Å². The molecule has 104 valence electrons. The van der Waals surface area contributed by atoms with Gasteiger partial charge < -0.3 is 9.67 Å². The lowest BCUT2D eigenvalue weighted by molar-refractivity contribution is 0.0697. The van der Waals surface area contributed by atoms with Gasteiger partial charge in [0, 0.05) is 28.5 Å². The molecule has 0 aliphatic heterocycles. The van der Waals surface area contributed by atoms with Crippen molar-refractivity contribution in [3.63, 3.8) is 0 Å². The first kappa shape index (κ1) is 14.6. The molecule has 0 aliphatic rings. The van der Waals surface area contributed by atoms with Crippen LogP contribution in [0.1, 0.15) is 21.7 Å². The highest BCUT2D eigenvalue weighted by molar-refractivity contribution is 6.36. The van der Waals surface area contributed by atoms with Crippen molar-refractivity contribution in [2.45, 2.75) is 13.8 Å². The number of pyridine rings is 1. The van der Waals surface area contributed by atoms with Gasteiger partial charge in [-0.25, -0.2) is 4.79 Å². The number of aromatic nitrogens is 1. The summed E-state index contributed by atoms with van der Waals surface area (Å²) in [6, 6.07) is 5.65. The highest BCUT2D eigenvalue weighted by Crippen LogP contribution is 2.30. The summed E-state index contributed by atoms with van der Waals surface area (Å²) in [5.41, 5.74) is 1.34. The smallest absolute Gasteiger partial charge is 0.337 e. The lowest BCUT2D eigenvalue weighted by atomic mass is 10.1. The second kappa shape index (κ2) is 5.31. The molecule has 2 aromatic rings. The molecule has 4 nitrogen and oxygen atoms in total. The maximum atomic E-state index is 11.5. The molecular formula is C14H11Cl2NO3. The van der Waals surface area contributed by atoms with E-state index in [4.69, 9.17) is 23.2 Å². The van der Waals surface area contributed by atoms with Gasteiger partial charge in [0.1, 0.15) is 0 Å². The van der Waals surface area contributed by atoms with Crippen LogP contribution in [0.15, 0.2) is 29.1 Å². The number of hydrogen-bond acceptors (Lipinski definition) is 2. The van der Waals surface area contributed by atoms with Crippen LogP contribution in [0, 0.1) is 13.8 Å². The van der Waals surface area contributed by atoms with E-state index in [9.17, 15) is 14.7 Å². The van der Waals surface area contributed by atoms with Gasteiger partial charge in [0.05, 0.1) is 16.3 Å². The highest BCUT2D eigenvalue weighted by atomic mass is 35.5. The molecule has 1 aromatic heterocycles. The van der Waals surface area contributed by atoms with Gasteiger partial charge in [-0.1, -0.05) is 23.2 Å². The van der Waals surface area contributed by atoms with Gasteiger partial charge in [-0.3, -0.25) is 4.79 Å². The van der Waals surface area contributed by atoms with Crippen LogP contribution in [0.2, 0.25) is 10.0 Å². The first-order valence-corrected chi connectivity index (χ1v) is 6.50. The number of nitrogens with zero attached hydrogens (tertiary/aromatic N) is 1. The van der Waals surface area contributed by atoms with Gasteiger partial charge in [0.2, 0.25) is 0 Å². The minimum Gasteiger partial charge on any atom is -0.478 e. The quantitative estimate of drug-likeness (QED) is 0.924. The zero-order valence-corrected chi connectivity index (χ0v) is 12.3. The molecule has 0 saturated carbocycles. The van der Waals surface area contributed by atoms with Crippen molar-refractivity contribution in [1.29, 1.82) is 0 Å². The van der Waals surface area contributed by atoms with Gasteiger partial charge in [-0.15, -0.1) is 0 Å². The fraction of sp³-hybridized carbons (Fsp3) is 0.143. The Morgan fingerprint density at radius 2 is 1.65 bits per heavy atom. The summed E-state index contributed by atoms with van der Waals surface area (Å²) in [6.07, 6.45) is 0. The van der Waals surface area contributed by atoms with Crippen LogP contribution in [-0.2, 0) is 0 Å². The zero-order valence-electron chi connectivity index (χ0n) is 10.8. The lowest BCUT2D eigenvalue weighted by Gasteiger charge is -2.18. The summed E-state index contributed by atoms with van der Waals surface area (Å²) >= 11 is 12.0. The summed E-state index contributed by atoms with van der Waals surface area (Å²) in [5.74, 6) is -1.14. The Kier molecular flexibility index (Phi) is 3.88. The van der Waals surface area contributed by atoms with E-state index in [0.29, 0.717) is 17.1 Å². The zero-order chi connectivity index (χ0) is 15.0. The average Bonchev–Trinajstić information content (AvgIpc) is 2.29. The Labute approximate surface area is 125 Å². The Morgan fingerprint density at radius 1 is 1.10 bits per heavy atom. The van der Waals surface area contributed by atoms with Crippen LogP contribution in [0.5, 0.6) is 0 Å². The molecule has 0 fully saturated rings. The van der Waals surface area contributed by atoms with Crippen LogP contribution in [0.4, 0.5) is 0 Å². The normalized spacial score (nSPS) is 10.6. The minimum atomic E-state index is -1.14. The number of halogens is 2. The Hall–Kier alpha value is -1.78. The van der Waals surface area contributed by atoms with Crippen molar-refractivity contribution >= 4 is 29.2 Å². The van der Waals surface area contributed by atoms with E-state index in [1.807, 2.05) is 0 Å². The van der Waals surface area contributed by atoms with Gasteiger partial charge in [-0.2, -0.15) is 0 Å². The highest BCUT2D eigenvalue weighted by Gasteiger charge is 2.18. The van der Waals surface area contributed by atoms with Crippen molar-refractivity contribution in [3.8, 4) is 5.69 Å². The number of hydrogen-bond donors (Lipinski definition) is 1. The summed E-state index contributed by atoms with van der Waals surface area (Å²) < 4.78 is 1.63. The first-order chi connectivity index (χ1) is 9.31. The van der Waals surface area contributed by atoms with E-state index in [2.05, 4.69) is 0 Å². The van der Waals surface area contributed by atoms with E-state index < -0.39 is 5.97 Å². The summed E-state index contributed by atoms with van der Waals surface area (Å²) in [6.45, 7) is 3.43. The van der Waals surface area contributed by atoms with Crippen LogP contribution < -0.4 is 5.43 Å². The summed E-state index contributed by atoms with van der Waals surface area (Å²) in [5, 5.41) is 9.78.